The third kappa shape index (κ3) is 3.30. The smallest absolute Gasteiger partial charge is 0.137 e. The zero-order valence-corrected chi connectivity index (χ0v) is 14.2. The van der Waals surface area contributed by atoms with E-state index in [1.54, 1.807) is 0 Å². The van der Waals surface area contributed by atoms with E-state index < -0.39 is 0 Å². The van der Waals surface area contributed by atoms with Gasteiger partial charge in [0.2, 0.25) is 0 Å². The van der Waals surface area contributed by atoms with E-state index in [1.807, 2.05) is 0 Å². The van der Waals surface area contributed by atoms with Crippen molar-refractivity contribution in [3.8, 4) is 0 Å². The molecule has 0 unspecified atom stereocenters. The Hall–Kier alpha value is -2.13. The quantitative estimate of drug-likeness (QED) is 0.778. The molecular weight excluding hydrogens is 282 g/mol. The summed E-state index contributed by atoms with van der Waals surface area (Å²) in [6, 6.07) is 13.1. The van der Waals surface area contributed by atoms with E-state index in [-0.39, 0.29) is 0 Å². The van der Waals surface area contributed by atoms with Gasteiger partial charge in [0, 0.05) is 24.7 Å². The lowest BCUT2D eigenvalue weighted by molar-refractivity contribution is 0.863. The van der Waals surface area contributed by atoms with Gasteiger partial charge < -0.3 is 10.1 Å². The van der Waals surface area contributed by atoms with Crippen LogP contribution in [-0.4, -0.2) is 15.9 Å². The minimum atomic E-state index is 0.565. The van der Waals surface area contributed by atoms with Gasteiger partial charge in [-0.3, -0.25) is 0 Å². The molecule has 0 aliphatic rings. The largest absolute Gasteiger partial charge is 0.330 e. The predicted molar refractivity (Wildman–Crippen MR) is 96.0 cm³/mol. The van der Waals surface area contributed by atoms with Crippen molar-refractivity contribution < 1.29 is 0 Å². The van der Waals surface area contributed by atoms with Crippen molar-refractivity contribution in [2.75, 3.05) is 6.54 Å². The van der Waals surface area contributed by atoms with Crippen molar-refractivity contribution in [3.63, 3.8) is 0 Å². The molecule has 3 heteroatoms. The summed E-state index contributed by atoms with van der Waals surface area (Å²) in [6.45, 7) is 7.19. The van der Waals surface area contributed by atoms with Gasteiger partial charge in [0.25, 0.3) is 0 Å². The minimum Gasteiger partial charge on any atom is -0.330 e. The number of aromatic nitrogens is 2. The maximum Gasteiger partial charge on any atom is 0.137 e. The van der Waals surface area contributed by atoms with E-state index >= 15 is 0 Å². The van der Waals surface area contributed by atoms with Crippen LogP contribution in [0, 0.1) is 6.92 Å². The highest BCUT2D eigenvalue weighted by Gasteiger charge is 2.12. The highest BCUT2D eigenvalue weighted by molar-refractivity contribution is 5.46. The lowest BCUT2D eigenvalue weighted by Crippen LogP contribution is -2.07. The second kappa shape index (κ2) is 6.55. The fourth-order valence-corrected chi connectivity index (χ4v) is 3.01. The van der Waals surface area contributed by atoms with Gasteiger partial charge in [0.05, 0.1) is 5.69 Å². The molecule has 0 aliphatic carbocycles. The Kier molecular flexibility index (Phi) is 4.49. The standard InChI is InChI=1S/C20H25N3/c1-14(2)17-7-5-16(6-8-17)12-18-19(10-11-21)23-13-15(3)4-9-20(23)22-18/h4-9,13-14H,10-12,21H2,1-3H3. The Balaban J connectivity index is 1.96. The number of hydrogen-bond donors (Lipinski definition) is 1. The molecule has 3 nitrogen and oxygen atoms in total. The molecule has 23 heavy (non-hydrogen) atoms. The van der Waals surface area contributed by atoms with E-state index in [0.717, 1.165) is 24.2 Å². The number of nitrogens with zero attached hydrogens (tertiary/aromatic N) is 2. The molecule has 0 aliphatic heterocycles. The number of aryl methyl sites for hydroxylation is 1. The number of fused-ring (bicyclic) bond motifs is 1. The summed E-state index contributed by atoms with van der Waals surface area (Å²) in [4.78, 5) is 4.83. The Bertz CT molecular complexity index is 798. The van der Waals surface area contributed by atoms with Crippen LogP contribution in [0.3, 0.4) is 0 Å². The van der Waals surface area contributed by atoms with Crippen molar-refractivity contribution >= 4 is 5.65 Å². The average Bonchev–Trinajstić information content (AvgIpc) is 2.85. The van der Waals surface area contributed by atoms with Gasteiger partial charge in [0.15, 0.2) is 0 Å². The molecular formula is C20H25N3. The van der Waals surface area contributed by atoms with E-state index in [9.17, 15) is 0 Å². The molecule has 120 valence electrons. The summed E-state index contributed by atoms with van der Waals surface area (Å²) in [5.74, 6) is 0.565. The number of benzene rings is 1. The van der Waals surface area contributed by atoms with E-state index in [4.69, 9.17) is 10.7 Å². The Morgan fingerprint density at radius 3 is 2.48 bits per heavy atom. The van der Waals surface area contributed by atoms with E-state index in [1.165, 1.54) is 22.4 Å². The van der Waals surface area contributed by atoms with Crippen molar-refractivity contribution in [2.24, 2.45) is 5.73 Å². The minimum absolute atomic E-state index is 0.565. The van der Waals surface area contributed by atoms with Crippen molar-refractivity contribution in [1.82, 2.24) is 9.38 Å². The van der Waals surface area contributed by atoms with Gasteiger partial charge in [-0.1, -0.05) is 44.2 Å². The fourth-order valence-electron chi connectivity index (χ4n) is 3.01. The SMILES string of the molecule is Cc1ccc2nc(Cc3ccc(C(C)C)cc3)c(CCN)n2c1. The lowest BCUT2D eigenvalue weighted by atomic mass is 10.00. The Morgan fingerprint density at radius 2 is 1.83 bits per heavy atom. The molecule has 0 saturated carbocycles. The molecule has 0 fully saturated rings. The third-order valence-electron chi connectivity index (χ3n) is 4.35. The number of hydrogen-bond acceptors (Lipinski definition) is 2. The lowest BCUT2D eigenvalue weighted by Gasteiger charge is -2.07. The summed E-state index contributed by atoms with van der Waals surface area (Å²) >= 11 is 0. The second-order valence-corrected chi connectivity index (χ2v) is 6.55. The normalized spacial score (nSPS) is 11.5. The molecule has 2 aromatic heterocycles. The van der Waals surface area contributed by atoms with Crippen LogP contribution in [0.2, 0.25) is 0 Å². The van der Waals surface area contributed by atoms with Crippen molar-refractivity contribution in [1.29, 1.82) is 0 Å². The Labute approximate surface area is 138 Å². The molecule has 0 amide bonds. The molecule has 0 radical (unpaired) electrons. The maximum atomic E-state index is 5.82. The molecule has 3 rings (SSSR count). The first-order chi connectivity index (χ1) is 11.1. The first kappa shape index (κ1) is 15.8. The monoisotopic (exact) mass is 307 g/mol. The molecule has 2 heterocycles. The molecule has 0 spiro atoms. The molecule has 2 N–H and O–H groups in total. The van der Waals surface area contributed by atoms with Crippen LogP contribution in [0.4, 0.5) is 0 Å². The van der Waals surface area contributed by atoms with Gasteiger partial charge >= 0.3 is 0 Å². The first-order valence-corrected chi connectivity index (χ1v) is 8.34. The number of nitrogens with two attached hydrogens (primary N) is 1. The van der Waals surface area contributed by atoms with Gasteiger partial charge in [-0.05, 0) is 42.1 Å². The molecule has 1 aromatic carbocycles. The number of rotatable bonds is 5. The van der Waals surface area contributed by atoms with E-state index in [0.29, 0.717) is 12.5 Å². The van der Waals surface area contributed by atoms with Gasteiger partial charge in [-0.15, -0.1) is 0 Å². The van der Waals surface area contributed by atoms with Crippen LogP contribution in [0.25, 0.3) is 5.65 Å². The highest BCUT2D eigenvalue weighted by atomic mass is 15.0. The van der Waals surface area contributed by atoms with Gasteiger partial charge in [0.1, 0.15) is 5.65 Å². The van der Waals surface area contributed by atoms with Crippen molar-refractivity contribution in [2.45, 2.75) is 39.5 Å². The maximum absolute atomic E-state index is 5.82. The predicted octanol–water partition coefficient (Wildman–Crippen LogP) is 3.86. The zero-order chi connectivity index (χ0) is 16.4. The fraction of sp³-hybridized carbons (Fsp3) is 0.350. The average molecular weight is 307 g/mol. The first-order valence-electron chi connectivity index (χ1n) is 8.34. The van der Waals surface area contributed by atoms with Crippen LogP contribution in [0.15, 0.2) is 42.6 Å². The summed E-state index contributed by atoms with van der Waals surface area (Å²) in [7, 11) is 0. The van der Waals surface area contributed by atoms with Gasteiger partial charge in [-0.25, -0.2) is 4.98 Å². The van der Waals surface area contributed by atoms with Crippen LogP contribution in [0.5, 0.6) is 0 Å². The topological polar surface area (TPSA) is 43.3 Å². The second-order valence-electron chi connectivity index (χ2n) is 6.55. The van der Waals surface area contributed by atoms with Crippen LogP contribution in [-0.2, 0) is 12.8 Å². The summed E-state index contributed by atoms with van der Waals surface area (Å²) in [6.07, 6.45) is 3.86. The third-order valence-corrected chi connectivity index (χ3v) is 4.35. The Morgan fingerprint density at radius 1 is 1.09 bits per heavy atom. The molecule has 3 aromatic rings. The van der Waals surface area contributed by atoms with Crippen molar-refractivity contribution in [3.05, 3.63) is 70.7 Å². The van der Waals surface area contributed by atoms with E-state index in [2.05, 4.69) is 67.8 Å². The number of imidazole rings is 1. The molecule has 0 saturated heterocycles. The zero-order valence-electron chi connectivity index (χ0n) is 14.2. The van der Waals surface area contributed by atoms with Crippen LogP contribution in [0.1, 0.15) is 47.8 Å². The number of pyridine rings is 1. The highest BCUT2D eigenvalue weighted by Crippen LogP contribution is 2.20. The summed E-state index contributed by atoms with van der Waals surface area (Å²) in [5, 5.41) is 0. The molecule has 0 bridgehead atoms. The summed E-state index contributed by atoms with van der Waals surface area (Å²) in [5.41, 5.74) is 13.1. The molecule has 0 atom stereocenters. The van der Waals surface area contributed by atoms with Gasteiger partial charge in [-0.2, -0.15) is 0 Å². The van der Waals surface area contributed by atoms with Crippen LogP contribution >= 0.6 is 0 Å². The van der Waals surface area contributed by atoms with Crippen LogP contribution < -0.4 is 5.73 Å². The summed E-state index contributed by atoms with van der Waals surface area (Å²) < 4.78 is 2.19.